The number of H-pyrrole nitrogens is 1. The van der Waals surface area contributed by atoms with Crippen molar-refractivity contribution in [3.63, 3.8) is 0 Å². The Bertz CT molecular complexity index is 906. The number of hydrogen-bond acceptors (Lipinski definition) is 6. The summed E-state index contributed by atoms with van der Waals surface area (Å²) in [6.07, 6.45) is 3.49. The van der Waals surface area contributed by atoms with Gasteiger partial charge in [-0.15, -0.1) is 0 Å². The second kappa shape index (κ2) is 8.81. The van der Waals surface area contributed by atoms with Crippen molar-refractivity contribution in [1.82, 2.24) is 4.98 Å². The van der Waals surface area contributed by atoms with Gasteiger partial charge in [0, 0.05) is 28.5 Å². The number of hydrogen-bond donors (Lipinski definition) is 1. The van der Waals surface area contributed by atoms with Crippen LogP contribution in [0.2, 0.25) is 0 Å². The Kier molecular flexibility index (Phi) is 6.50. The van der Waals surface area contributed by atoms with Gasteiger partial charge in [0.2, 0.25) is 5.75 Å². The molecule has 7 heteroatoms. The summed E-state index contributed by atoms with van der Waals surface area (Å²) >= 11 is 0. The first-order chi connectivity index (χ1) is 13.1. The van der Waals surface area contributed by atoms with E-state index in [4.69, 9.17) is 14.2 Å². The van der Waals surface area contributed by atoms with Crippen molar-refractivity contribution in [1.29, 1.82) is 5.26 Å². The summed E-state index contributed by atoms with van der Waals surface area (Å²) in [7, 11) is 5.91. The lowest BCUT2D eigenvalue weighted by atomic mass is 9.97. The zero-order valence-corrected chi connectivity index (χ0v) is 16.0. The van der Waals surface area contributed by atoms with Crippen molar-refractivity contribution in [2.24, 2.45) is 0 Å². The van der Waals surface area contributed by atoms with Crippen LogP contribution in [0, 0.1) is 11.3 Å². The molecule has 142 valence electrons. The molecule has 0 bridgehead atoms. The van der Waals surface area contributed by atoms with Crippen molar-refractivity contribution in [2.45, 2.75) is 13.3 Å². The average molecular weight is 370 g/mol. The number of benzene rings is 1. The highest BCUT2D eigenvalue weighted by molar-refractivity contribution is 5.92. The molecule has 0 aliphatic rings. The molecule has 0 aliphatic heterocycles. The van der Waals surface area contributed by atoms with Crippen LogP contribution in [0.25, 0.3) is 17.2 Å². The Morgan fingerprint density at radius 2 is 1.85 bits per heavy atom. The molecule has 1 aromatic heterocycles. The predicted octanol–water partition coefficient (Wildman–Crippen LogP) is 3.33. The van der Waals surface area contributed by atoms with Crippen molar-refractivity contribution in [3.05, 3.63) is 35.2 Å². The van der Waals surface area contributed by atoms with Gasteiger partial charge in [0.15, 0.2) is 11.5 Å². The molecule has 0 atom stereocenters. The van der Waals surface area contributed by atoms with E-state index in [1.54, 1.807) is 19.3 Å². The average Bonchev–Trinajstić information content (AvgIpc) is 3.07. The fraction of sp³-hybridized carbons (Fsp3) is 0.300. The summed E-state index contributed by atoms with van der Waals surface area (Å²) in [6, 6.07) is 5.73. The van der Waals surface area contributed by atoms with E-state index in [0.29, 0.717) is 40.5 Å². The largest absolute Gasteiger partial charge is 0.493 e. The first-order valence-electron chi connectivity index (χ1n) is 8.26. The van der Waals surface area contributed by atoms with Crippen LogP contribution in [0.5, 0.6) is 17.2 Å². The van der Waals surface area contributed by atoms with Gasteiger partial charge in [0.25, 0.3) is 0 Å². The van der Waals surface area contributed by atoms with E-state index >= 15 is 0 Å². The number of rotatable bonds is 7. The van der Waals surface area contributed by atoms with E-state index < -0.39 is 5.97 Å². The van der Waals surface area contributed by atoms with Gasteiger partial charge < -0.3 is 23.9 Å². The molecule has 0 unspecified atom stereocenters. The molecule has 0 spiro atoms. The third-order valence-corrected chi connectivity index (χ3v) is 4.14. The fourth-order valence-corrected chi connectivity index (χ4v) is 2.91. The van der Waals surface area contributed by atoms with E-state index in [2.05, 4.69) is 15.8 Å². The molecule has 0 saturated heterocycles. The van der Waals surface area contributed by atoms with Gasteiger partial charge in [-0.3, -0.25) is 0 Å². The zero-order valence-electron chi connectivity index (χ0n) is 16.0. The Morgan fingerprint density at radius 1 is 1.15 bits per heavy atom. The van der Waals surface area contributed by atoms with Crippen LogP contribution in [0.3, 0.4) is 0 Å². The number of esters is 1. The van der Waals surface area contributed by atoms with Crippen molar-refractivity contribution < 1.29 is 23.7 Å². The van der Waals surface area contributed by atoms with Crippen LogP contribution >= 0.6 is 0 Å². The number of ether oxygens (including phenoxy) is 4. The number of nitrogens with zero attached hydrogens (tertiary/aromatic N) is 1. The number of aromatic nitrogens is 1. The molecular formula is C20H22N2O5. The lowest BCUT2D eigenvalue weighted by Gasteiger charge is -2.16. The van der Waals surface area contributed by atoms with E-state index in [1.165, 1.54) is 27.4 Å². The van der Waals surface area contributed by atoms with Gasteiger partial charge in [-0.1, -0.05) is 6.92 Å². The molecule has 1 N–H and O–H groups in total. The zero-order chi connectivity index (χ0) is 20.0. The minimum atomic E-state index is -0.511. The van der Waals surface area contributed by atoms with E-state index in [1.807, 2.05) is 13.0 Å². The highest BCUT2D eigenvalue weighted by Gasteiger charge is 2.23. The molecule has 0 amide bonds. The number of carbonyl (C=O) groups is 1. The third kappa shape index (κ3) is 3.75. The standard InChI is InChI=1S/C20H22N2O5/c1-6-14-18(12(15(11-21)22-14)8-10-17(23)25-3)13-7-9-16(24-2)20(27-5)19(13)26-4/h7-10,22H,6H2,1-5H3/b10-8+. The Hall–Kier alpha value is -3.40. The molecule has 1 heterocycles. The van der Waals surface area contributed by atoms with Crippen molar-refractivity contribution in [2.75, 3.05) is 28.4 Å². The molecule has 0 aliphatic carbocycles. The molecule has 2 aromatic rings. The summed E-state index contributed by atoms with van der Waals surface area (Å²) in [5, 5.41) is 9.52. The number of carbonyl (C=O) groups excluding carboxylic acids is 1. The second-order valence-corrected chi connectivity index (χ2v) is 5.47. The highest BCUT2D eigenvalue weighted by atomic mass is 16.5. The number of aryl methyl sites for hydroxylation is 1. The van der Waals surface area contributed by atoms with Gasteiger partial charge in [0.05, 0.1) is 28.4 Å². The lowest BCUT2D eigenvalue weighted by molar-refractivity contribution is -0.134. The molecule has 27 heavy (non-hydrogen) atoms. The van der Waals surface area contributed by atoms with Crippen molar-refractivity contribution in [3.8, 4) is 34.4 Å². The first kappa shape index (κ1) is 19.9. The number of nitriles is 1. The summed E-state index contributed by atoms with van der Waals surface area (Å²) in [5.74, 6) is 0.937. The first-order valence-corrected chi connectivity index (χ1v) is 8.26. The summed E-state index contributed by atoms with van der Waals surface area (Å²) in [5.41, 5.74) is 3.23. The van der Waals surface area contributed by atoms with Crippen LogP contribution < -0.4 is 14.2 Å². The normalized spacial score (nSPS) is 10.5. The maximum absolute atomic E-state index is 11.6. The number of methoxy groups -OCH3 is 4. The minimum Gasteiger partial charge on any atom is -0.493 e. The topological polar surface area (TPSA) is 93.6 Å². The Balaban J connectivity index is 2.82. The minimum absolute atomic E-state index is 0.346. The maximum atomic E-state index is 11.6. The van der Waals surface area contributed by atoms with Gasteiger partial charge in [-0.25, -0.2) is 4.79 Å². The summed E-state index contributed by atoms with van der Waals surface area (Å²) in [4.78, 5) is 14.7. The molecule has 2 rings (SSSR count). The monoisotopic (exact) mass is 370 g/mol. The molecule has 7 nitrogen and oxygen atoms in total. The summed E-state index contributed by atoms with van der Waals surface area (Å²) in [6.45, 7) is 1.97. The van der Waals surface area contributed by atoms with Gasteiger partial charge in [0.1, 0.15) is 11.8 Å². The Morgan fingerprint density at radius 3 is 2.37 bits per heavy atom. The van der Waals surface area contributed by atoms with Crippen LogP contribution in [0.4, 0.5) is 0 Å². The molecule has 1 aromatic carbocycles. The molecule has 0 fully saturated rings. The molecular weight excluding hydrogens is 348 g/mol. The summed E-state index contributed by atoms with van der Waals surface area (Å²) < 4.78 is 21.0. The lowest BCUT2D eigenvalue weighted by Crippen LogP contribution is -1.98. The quantitative estimate of drug-likeness (QED) is 0.593. The van der Waals surface area contributed by atoms with Crippen LogP contribution in [-0.4, -0.2) is 39.4 Å². The van der Waals surface area contributed by atoms with Crippen molar-refractivity contribution >= 4 is 12.0 Å². The Labute approximate surface area is 158 Å². The molecule has 0 radical (unpaired) electrons. The fourth-order valence-electron chi connectivity index (χ4n) is 2.91. The highest BCUT2D eigenvalue weighted by Crippen LogP contribution is 2.46. The molecule has 0 saturated carbocycles. The third-order valence-electron chi connectivity index (χ3n) is 4.14. The maximum Gasteiger partial charge on any atom is 0.330 e. The van der Waals surface area contributed by atoms with E-state index in [0.717, 1.165) is 11.3 Å². The SMILES string of the molecule is CCc1[nH]c(C#N)c(/C=C/C(=O)OC)c1-c1ccc(OC)c(OC)c1OC. The van der Waals surface area contributed by atoms with Crippen LogP contribution in [-0.2, 0) is 16.0 Å². The number of aromatic amines is 1. The van der Waals surface area contributed by atoms with Gasteiger partial charge >= 0.3 is 5.97 Å². The predicted molar refractivity (Wildman–Crippen MR) is 101 cm³/mol. The van der Waals surface area contributed by atoms with Crippen LogP contribution in [0.1, 0.15) is 23.9 Å². The second-order valence-electron chi connectivity index (χ2n) is 5.47. The van der Waals surface area contributed by atoms with E-state index in [9.17, 15) is 10.1 Å². The van der Waals surface area contributed by atoms with Gasteiger partial charge in [-0.05, 0) is 24.6 Å². The number of nitrogens with one attached hydrogen (secondary N) is 1. The smallest absolute Gasteiger partial charge is 0.330 e. The van der Waals surface area contributed by atoms with E-state index in [-0.39, 0.29) is 0 Å². The van der Waals surface area contributed by atoms with Crippen LogP contribution in [0.15, 0.2) is 18.2 Å². The van der Waals surface area contributed by atoms with Gasteiger partial charge in [-0.2, -0.15) is 5.26 Å².